The first-order valence-electron chi connectivity index (χ1n) is 12.8. The van der Waals surface area contributed by atoms with Gasteiger partial charge in [-0.2, -0.15) is 13.2 Å². The van der Waals surface area contributed by atoms with Gasteiger partial charge in [-0.05, 0) is 65.4 Å². The number of fused-ring (bicyclic) bond motifs is 1. The number of carbonyl (C=O) groups excluding carboxylic acids is 2. The normalized spacial score (nSPS) is 18.1. The lowest BCUT2D eigenvalue weighted by Crippen LogP contribution is -2.58. The lowest BCUT2D eigenvalue weighted by molar-refractivity contribution is -0.143. The molecule has 3 aromatic carbocycles. The van der Waals surface area contributed by atoms with Crippen molar-refractivity contribution in [2.24, 2.45) is 0 Å². The van der Waals surface area contributed by atoms with E-state index < -0.39 is 40.9 Å². The highest BCUT2D eigenvalue weighted by molar-refractivity contribution is 6.09. The van der Waals surface area contributed by atoms with E-state index in [-0.39, 0.29) is 23.5 Å². The second-order valence-electron chi connectivity index (χ2n) is 10.2. The van der Waals surface area contributed by atoms with Crippen LogP contribution in [0.2, 0.25) is 0 Å². The highest BCUT2D eigenvalue weighted by atomic mass is 19.4. The Bertz CT molecular complexity index is 1540. The Morgan fingerprint density at radius 3 is 2.35 bits per heavy atom. The molecular weight excluding hydrogens is 526 g/mol. The van der Waals surface area contributed by atoms with Gasteiger partial charge < -0.3 is 10.0 Å². The van der Waals surface area contributed by atoms with Gasteiger partial charge in [-0.1, -0.05) is 55.8 Å². The van der Waals surface area contributed by atoms with Crippen molar-refractivity contribution in [1.82, 2.24) is 4.90 Å². The third-order valence-corrected chi connectivity index (χ3v) is 8.00. The number of halogens is 4. The Balaban J connectivity index is 1.63. The first-order chi connectivity index (χ1) is 19.0. The Labute approximate surface area is 227 Å². The van der Waals surface area contributed by atoms with Gasteiger partial charge >= 0.3 is 12.1 Å². The van der Waals surface area contributed by atoms with Crippen molar-refractivity contribution >= 4 is 17.7 Å². The molecule has 206 valence electrons. The van der Waals surface area contributed by atoms with Gasteiger partial charge in [0.2, 0.25) is 0 Å². The largest absolute Gasteiger partial charge is 0.481 e. The molecule has 3 aromatic rings. The van der Waals surface area contributed by atoms with Crippen molar-refractivity contribution < 1.29 is 37.1 Å². The summed E-state index contributed by atoms with van der Waals surface area (Å²) < 4.78 is 53.7. The molecule has 0 saturated heterocycles. The lowest BCUT2D eigenvalue weighted by Gasteiger charge is -2.49. The van der Waals surface area contributed by atoms with Crippen LogP contribution >= 0.6 is 0 Å². The molecule has 1 fully saturated rings. The summed E-state index contributed by atoms with van der Waals surface area (Å²) >= 11 is 0. The summed E-state index contributed by atoms with van der Waals surface area (Å²) in [7, 11) is 0. The van der Waals surface area contributed by atoms with Crippen LogP contribution in [0.4, 0.5) is 17.6 Å². The van der Waals surface area contributed by atoms with Crippen molar-refractivity contribution in [1.29, 1.82) is 0 Å². The molecular formula is C31H25F4NO4. The van der Waals surface area contributed by atoms with E-state index in [2.05, 4.69) is 6.58 Å². The monoisotopic (exact) mass is 551 g/mol. The molecule has 1 N–H and O–H groups in total. The van der Waals surface area contributed by atoms with E-state index in [0.717, 1.165) is 12.1 Å². The van der Waals surface area contributed by atoms with Crippen LogP contribution in [0, 0.1) is 5.82 Å². The number of allylic oxidation sites excluding steroid dienone is 1. The van der Waals surface area contributed by atoms with Crippen LogP contribution in [-0.2, 0) is 17.5 Å². The first kappa shape index (κ1) is 27.3. The minimum absolute atomic E-state index is 0.131. The molecule has 1 aliphatic heterocycles. The van der Waals surface area contributed by atoms with Crippen LogP contribution in [0.1, 0.15) is 69.0 Å². The Hall–Kier alpha value is -4.27. The predicted molar refractivity (Wildman–Crippen MR) is 139 cm³/mol. The summed E-state index contributed by atoms with van der Waals surface area (Å²) in [6, 6.07) is 14.1. The fourth-order valence-electron chi connectivity index (χ4n) is 6.22. The van der Waals surface area contributed by atoms with Gasteiger partial charge in [0.25, 0.3) is 5.91 Å². The average molecular weight is 552 g/mol. The molecule has 0 unspecified atom stereocenters. The first-order valence-corrected chi connectivity index (χ1v) is 12.8. The number of ketones is 1. The summed E-state index contributed by atoms with van der Waals surface area (Å²) in [6.45, 7) is 3.30. The second kappa shape index (κ2) is 10.0. The van der Waals surface area contributed by atoms with Crippen LogP contribution in [0.5, 0.6) is 0 Å². The van der Waals surface area contributed by atoms with Crippen molar-refractivity contribution in [2.45, 2.75) is 49.9 Å². The van der Waals surface area contributed by atoms with E-state index in [1.54, 1.807) is 36.4 Å². The van der Waals surface area contributed by atoms with E-state index in [1.807, 2.05) is 0 Å². The zero-order valence-electron chi connectivity index (χ0n) is 21.3. The summed E-state index contributed by atoms with van der Waals surface area (Å²) in [4.78, 5) is 40.7. The van der Waals surface area contributed by atoms with Gasteiger partial charge in [-0.25, -0.2) is 4.39 Å². The number of nitrogens with zero attached hydrogens (tertiary/aromatic N) is 1. The summed E-state index contributed by atoms with van der Waals surface area (Å²) in [5.74, 6) is -4.52. The predicted octanol–water partition coefficient (Wildman–Crippen LogP) is 7.02. The summed E-state index contributed by atoms with van der Waals surface area (Å²) in [5, 5.41) is 10.5. The molecule has 0 radical (unpaired) electrons. The fraction of sp³-hybridized carbons (Fsp3) is 0.258. The number of hydrogen-bond donors (Lipinski definition) is 1. The molecule has 1 spiro atoms. The zero-order valence-corrected chi connectivity index (χ0v) is 21.3. The zero-order chi connectivity index (χ0) is 28.8. The number of amides is 1. The number of carboxylic acid groups (broad SMARTS) is 1. The third kappa shape index (κ3) is 4.49. The highest BCUT2D eigenvalue weighted by Crippen LogP contribution is 2.51. The maximum absolute atomic E-state index is 14.4. The Kier molecular flexibility index (Phi) is 6.85. The molecule has 1 atom stereocenters. The Morgan fingerprint density at radius 1 is 1.02 bits per heavy atom. The van der Waals surface area contributed by atoms with Crippen molar-refractivity contribution in [3.05, 3.63) is 107 Å². The SMILES string of the molecule is C=CC(=O)c1ccccc1-c1ccc2c(c1)[C@@H](C(=O)O)C1(CCCC1)N(Cc1ccc(C(F)(F)F)c(F)c1)C2=O. The number of alkyl halides is 3. The lowest BCUT2D eigenvalue weighted by atomic mass is 9.70. The highest BCUT2D eigenvalue weighted by Gasteiger charge is 2.56. The molecule has 1 amide bonds. The van der Waals surface area contributed by atoms with Gasteiger partial charge in [-0.3, -0.25) is 14.4 Å². The minimum atomic E-state index is -4.86. The van der Waals surface area contributed by atoms with E-state index in [4.69, 9.17) is 0 Å². The molecule has 5 rings (SSSR count). The van der Waals surface area contributed by atoms with Crippen LogP contribution < -0.4 is 0 Å². The topological polar surface area (TPSA) is 74.7 Å². The number of benzene rings is 3. The van der Waals surface area contributed by atoms with Crippen LogP contribution in [0.25, 0.3) is 11.1 Å². The molecule has 1 saturated carbocycles. The van der Waals surface area contributed by atoms with Crippen molar-refractivity contribution in [3.8, 4) is 11.1 Å². The molecule has 40 heavy (non-hydrogen) atoms. The van der Waals surface area contributed by atoms with Crippen LogP contribution in [0.3, 0.4) is 0 Å². The summed E-state index contributed by atoms with van der Waals surface area (Å²) in [6.07, 6.45) is -1.63. The van der Waals surface area contributed by atoms with Gasteiger partial charge in [0.05, 0.1) is 11.1 Å². The third-order valence-electron chi connectivity index (χ3n) is 8.00. The fourth-order valence-corrected chi connectivity index (χ4v) is 6.22. The van der Waals surface area contributed by atoms with Gasteiger partial charge in [0.15, 0.2) is 5.78 Å². The molecule has 9 heteroatoms. The maximum Gasteiger partial charge on any atom is 0.419 e. The Morgan fingerprint density at radius 2 is 1.73 bits per heavy atom. The quantitative estimate of drug-likeness (QED) is 0.203. The van der Waals surface area contributed by atoms with Gasteiger partial charge in [0, 0.05) is 17.7 Å². The number of rotatable bonds is 6. The number of hydrogen-bond acceptors (Lipinski definition) is 3. The molecule has 0 aromatic heterocycles. The van der Waals surface area contributed by atoms with Gasteiger partial charge in [-0.15, -0.1) is 0 Å². The molecule has 2 aliphatic rings. The standard InChI is InChI=1S/C31H25F4NO4/c1-2-26(37)21-8-4-3-7-20(21)19-10-11-22-23(16-19)27(29(39)40)30(13-5-6-14-30)36(28(22)38)17-18-9-12-24(25(32)15-18)31(33,34)35/h2-4,7-12,15-16,27H,1,5-6,13-14,17H2,(H,39,40)/t27-/m0/s1. The van der Waals surface area contributed by atoms with Gasteiger partial charge in [0.1, 0.15) is 11.7 Å². The molecule has 1 aliphatic carbocycles. The number of carbonyl (C=O) groups is 3. The van der Waals surface area contributed by atoms with E-state index in [1.165, 1.54) is 17.0 Å². The average Bonchev–Trinajstić information content (AvgIpc) is 3.39. The van der Waals surface area contributed by atoms with Crippen LogP contribution in [-0.4, -0.2) is 33.2 Å². The van der Waals surface area contributed by atoms with E-state index in [9.17, 15) is 37.1 Å². The minimum Gasteiger partial charge on any atom is -0.481 e. The molecule has 5 nitrogen and oxygen atoms in total. The van der Waals surface area contributed by atoms with E-state index in [0.29, 0.717) is 54.0 Å². The molecule has 0 bridgehead atoms. The van der Waals surface area contributed by atoms with E-state index >= 15 is 0 Å². The number of carboxylic acids is 1. The number of aliphatic carboxylic acids is 1. The smallest absolute Gasteiger partial charge is 0.419 e. The second-order valence-corrected chi connectivity index (χ2v) is 10.2. The summed E-state index contributed by atoms with van der Waals surface area (Å²) in [5.41, 5.74) is -0.455. The maximum atomic E-state index is 14.4. The molecule has 1 heterocycles. The van der Waals surface area contributed by atoms with Crippen LogP contribution in [0.15, 0.2) is 73.3 Å². The van der Waals surface area contributed by atoms with Crippen molar-refractivity contribution in [2.75, 3.05) is 0 Å². The van der Waals surface area contributed by atoms with Crippen molar-refractivity contribution in [3.63, 3.8) is 0 Å².